The zero-order chi connectivity index (χ0) is 13.8. The van der Waals surface area contributed by atoms with Crippen LogP contribution >= 0.6 is 11.3 Å². The number of carbonyl (C=O) groups excluding carboxylic acids is 1. The smallest absolute Gasteiger partial charge is 0.169 e. The van der Waals surface area contributed by atoms with Crippen LogP contribution in [-0.2, 0) is 0 Å². The van der Waals surface area contributed by atoms with Gasteiger partial charge < -0.3 is 0 Å². The number of nitrogens with zero attached hydrogens (tertiary/aromatic N) is 1. The summed E-state index contributed by atoms with van der Waals surface area (Å²) in [6, 6.07) is 20.5. The fraction of sp³-hybridized carbons (Fsp3) is 0.0588. The molecule has 0 saturated heterocycles. The fourth-order valence-electron chi connectivity index (χ4n) is 2.26. The van der Waals surface area contributed by atoms with Crippen molar-refractivity contribution in [3.8, 4) is 0 Å². The van der Waals surface area contributed by atoms with Gasteiger partial charge in [0.2, 0.25) is 0 Å². The fourth-order valence-corrected chi connectivity index (χ4v) is 3.17. The lowest BCUT2D eigenvalue weighted by Crippen LogP contribution is -2.03. The highest BCUT2D eigenvalue weighted by molar-refractivity contribution is 7.10. The van der Waals surface area contributed by atoms with Crippen LogP contribution in [0.1, 0.15) is 32.5 Å². The van der Waals surface area contributed by atoms with Gasteiger partial charge in [0.15, 0.2) is 6.29 Å². The molecule has 0 N–H and O–H groups in total. The molecule has 2 nitrogen and oxygen atoms in total. The topological polar surface area (TPSA) is 30.0 Å². The summed E-state index contributed by atoms with van der Waals surface area (Å²) in [5.74, 6) is 0.0797. The predicted molar refractivity (Wildman–Crippen MR) is 81.3 cm³/mol. The van der Waals surface area contributed by atoms with E-state index in [-0.39, 0.29) is 5.92 Å². The van der Waals surface area contributed by atoms with Crippen molar-refractivity contribution in [3.63, 3.8) is 0 Å². The van der Waals surface area contributed by atoms with Crippen LogP contribution in [0.4, 0.5) is 0 Å². The monoisotopic (exact) mass is 279 g/mol. The summed E-state index contributed by atoms with van der Waals surface area (Å²) in [6.45, 7) is 0. The van der Waals surface area contributed by atoms with Crippen LogP contribution in [0.15, 0.2) is 66.0 Å². The zero-order valence-electron chi connectivity index (χ0n) is 10.8. The molecule has 1 heterocycles. The second-order valence-corrected chi connectivity index (χ2v) is 5.37. The Hall–Kier alpha value is -2.26. The van der Waals surface area contributed by atoms with Crippen LogP contribution in [0.25, 0.3) is 0 Å². The molecular weight excluding hydrogens is 266 g/mol. The van der Waals surface area contributed by atoms with E-state index in [2.05, 4.69) is 29.2 Å². The number of carbonyl (C=O) groups is 1. The van der Waals surface area contributed by atoms with E-state index in [1.54, 1.807) is 5.38 Å². The first kappa shape index (κ1) is 12.8. The molecular formula is C17H13NOS. The van der Waals surface area contributed by atoms with Crippen molar-refractivity contribution in [1.29, 1.82) is 0 Å². The van der Waals surface area contributed by atoms with Crippen LogP contribution in [0, 0.1) is 0 Å². The first-order valence-corrected chi connectivity index (χ1v) is 7.27. The average molecular weight is 279 g/mol. The Bertz CT molecular complexity index is 652. The molecule has 0 unspecified atom stereocenters. The molecule has 0 bridgehead atoms. The van der Waals surface area contributed by atoms with E-state index in [4.69, 9.17) is 0 Å². The van der Waals surface area contributed by atoms with Gasteiger partial charge in [0.1, 0.15) is 10.7 Å². The summed E-state index contributed by atoms with van der Waals surface area (Å²) in [6.07, 6.45) is 0.799. The van der Waals surface area contributed by atoms with Crippen LogP contribution in [-0.4, -0.2) is 11.3 Å². The average Bonchev–Trinajstić information content (AvgIpc) is 2.98. The minimum absolute atomic E-state index is 0.0797. The van der Waals surface area contributed by atoms with Gasteiger partial charge in [-0.05, 0) is 11.1 Å². The number of thiazole rings is 1. The van der Waals surface area contributed by atoms with Crippen molar-refractivity contribution in [1.82, 2.24) is 4.98 Å². The van der Waals surface area contributed by atoms with Crippen LogP contribution < -0.4 is 0 Å². The molecule has 0 radical (unpaired) electrons. The normalized spacial score (nSPS) is 10.7. The minimum Gasteiger partial charge on any atom is -0.296 e. The molecule has 0 aliphatic rings. The lowest BCUT2D eigenvalue weighted by Gasteiger charge is -2.15. The van der Waals surface area contributed by atoms with E-state index < -0.39 is 0 Å². The number of hydrogen-bond acceptors (Lipinski definition) is 3. The molecule has 1 aromatic heterocycles. The summed E-state index contributed by atoms with van der Waals surface area (Å²) in [5.41, 5.74) is 2.87. The Morgan fingerprint density at radius 3 is 1.90 bits per heavy atom. The summed E-state index contributed by atoms with van der Waals surface area (Å²) in [4.78, 5) is 15.3. The zero-order valence-corrected chi connectivity index (χ0v) is 11.6. The highest BCUT2D eigenvalue weighted by Crippen LogP contribution is 2.33. The van der Waals surface area contributed by atoms with Gasteiger partial charge in [-0.2, -0.15) is 0 Å². The Labute approximate surface area is 121 Å². The van der Waals surface area contributed by atoms with Gasteiger partial charge in [-0.1, -0.05) is 60.7 Å². The van der Waals surface area contributed by atoms with Gasteiger partial charge >= 0.3 is 0 Å². The summed E-state index contributed by atoms with van der Waals surface area (Å²) >= 11 is 1.53. The second kappa shape index (κ2) is 5.80. The van der Waals surface area contributed by atoms with Crippen LogP contribution in [0.3, 0.4) is 0 Å². The molecule has 0 atom stereocenters. The number of benzene rings is 2. The van der Waals surface area contributed by atoms with Crippen molar-refractivity contribution in [3.05, 3.63) is 87.9 Å². The van der Waals surface area contributed by atoms with Crippen LogP contribution in [0.5, 0.6) is 0 Å². The number of aldehydes is 1. The van der Waals surface area contributed by atoms with E-state index in [0.29, 0.717) is 5.69 Å². The molecule has 0 saturated carbocycles. The van der Waals surface area contributed by atoms with Crippen molar-refractivity contribution >= 4 is 17.6 Å². The maximum Gasteiger partial charge on any atom is 0.169 e. The third-order valence-corrected chi connectivity index (χ3v) is 4.10. The predicted octanol–water partition coefficient (Wildman–Crippen LogP) is 4.14. The van der Waals surface area contributed by atoms with Gasteiger partial charge in [-0.3, -0.25) is 4.79 Å². The Morgan fingerprint density at radius 2 is 1.45 bits per heavy atom. The van der Waals surface area contributed by atoms with E-state index >= 15 is 0 Å². The maximum absolute atomic E-state index is 10.9. The highest BCUT2D eigenvalue weighted by atomic mass is 32.1. The number of hydrogen-bond donors (Lipinski definition) is 0. The van der Waals surface area contributed by atoms with E-state index in [1.807, 2.05) is 36.4 Å². The largest absolute Gasteiger partial charge is 0.296 e. The van der Waals surface area contributed by atoms with Gasteiger partial charge in [-0.25, -0.2) is 4.98 Å². The summed E-state index contributed by atoms with van der Waals surface area (Å²) in [7, 11) is 0. The van der Waals surface area contributed by atoms with Crippen molar-refractivity contribution < 1.29 is 4.79 Å². The molecule has 0 amide bonds. The van der Waals surface area contributed by atoms with E-state index in [9.17, 15) is 4.79 Å². The minimum atomic E-state index is 0.0797. The first-order valence-electron chi connectivity index (χ1n) is 6.39. The SMILES string of the molecule is O=Cc1csc(C(c2ccccc2)c2ccccc2)n1. The third kappa shape index (κ3) is 2.53. The van der Waals surface area contributed by atoms with Gasteiger partial charge in [-0.15, -0.1) is 11.3 Å². The summed E-state index contributed by atoms with van der Waals surface area (Å²) < 4.78 is 0. The third-order valence-electron chi connectivity index (χ3n) is 3.17. The number of rotatable bonds is 4. The molecule has 0 aliphatic carbocycles. The van der Waals surface area contributed by atoms with Gasteiger partial charge in [0.05, 0.1) is 5.92 Å². The van der Waals surface area contributed by atoms with Crippen molar-refractivity contribution in [2.75, 3.05) is 0 Å². The quantitative estimate of drug-likeness (QED) is 0.672. The lowest BCUT2D eigenvalue weighted by atomic mass is 9.92. The molecule has 3 heteroatoms. The van der Waals surface area contributed by atoms with Gasteiger partial charge in [0, 0.05) is 5.38 Å². The van der Waals surface area contributed by atoms with Crippen molar-refractivity contribution in [2.24, 2.45) is 0 Å². The van der Waals surface area contributed by atoms with Crippen LogP contribution in [0.2, 0.25) is 0 Å². The Balaban J connectivity index is 2.11. The summed E-state index contributed by atoms with van der Waals surface area (Å²) in [5, 5.41) is 2.76. The van der Waals surface area contributed by atoms with Gasteiger partial charge in [0.25, 0.3) is 0 Å². The number of aromatic nitrogens is 1. The first-order chi connectivity index (χ1) is 9.88. The van der Waals surface area contributed by atoms with E-state index in [1.165, 1.54) is 22.5 Å². The maximum atomic E-state index is 10.9. The lowest BCUT2D eigenvalue weighted by molar-refractivity contribution is 0.111. The molecule has 20 heavy (non-hydrogen) atoms. The van der Waals surface area contributed by atoms with E-state index in [0.717, 1.165) is 11.3 Å². The molecule has 0 fully saturated rings. The molecule has 0 spiro atoms. The molecule has 3 rings (SSSR count). The second-order valence-electron chi connectivity index (χ2n) is 4.48. The Kier molecular flexibility index (Phi) is 3.70. The highest BCUT2D eigenvalue weighted by Gasteiger charge is 2.19. The standard InChI is InChI=1S/C17H13NOS/c19-11-15-12-20-17(18-15)16(13-7-3-1-4-8-13)14-9-5-2-6-10-14/h1-12,16H. The molecule has 98 valence electrons. The molecule has 0 aliphatic heterocycles. The Morgan fingerprint density at radius 1 is 0.900 bits per heavy atom. The van der Waals surface area contributed by atoms with Crippen molar-refractivity contribution in [2.45, 2.75) is 5.92 Å². The molecule has 2 aromatic carbocycles. The molecule has 3 aromatic rings.